The van der Waals surface area contributed by atoms with Crippen molar-refractivity contribution < 1.29 is 0 Å². The third-order valence-corrected chi connectivity index (χ3v) is 4.69. The third-order valence-electron chi connectivity index (χ3n) is 3.64. The second kappa shape index (κ2) is 4.80. The number of likely N-dealkylation sites (N-methyl/N-ethyl adjacent to an activating group) is 1. The molecule has 1 saturated heterocycles. The van der Waals surface area contributed by atoms with E-state index in [1.807, 2.05) is 0 Å². The molecule has 18 heavy (non-hydrogen) atoms. The van der Waals surface area contributed by atoms with Gasteiger partial charge in [-0.2, -0.15) is 0 Å². The molecule has 6 heteroatoms. The Bertz CT molecular complexity index is 503. The van der Waals surface area contributed by atoms with E-state index < -0.39 is 0 Å². The van der Waals surface area contributed by atoms with Crippen LogP contribution in [0.25, 0.3) is 0 Å². The van der Waals surface area contributed by atoms with Crippen LogP contribution in [0, 0.1) is 3.57 Å². The van der Waals surface area contributed by atoms with Crippen LogP contribution in [0.15, 0.2) is 4.79 Å². The van der Waals surface area contributed by atoms with Gasteiger partial charge in [-0.25, -0.2) is 4.98 Å². The van der Waals surface area contributed by atoms with E-state index in [-0.39, 0.29) is 5.56 Å². The van der Waals surface area contributed by atoms with E-state index in [2.05, 4.69) is 49.4 Å². The van der Waals surface area contributed by atoms with E-state index in [1.165, 1.54) is 12.8 Å². The van der Waals surface area contributed by atoms with Crippen LogP contribution in [-0.4, -0.2) is 48.1 Å². The molecule has 0 spiro atoms. The van der Waals surface area contributed by atoms with Crippen LogP contribution in [0.1, 0.15) is 24.5 Å². The third kappa shape index (κ3) is 2.40. The van der Waals surface area contributed by atoms with Crippen molar-refractivity contribution in [2.45, 2.75) is 18.8 Å². The first-order chi connectivity index (χ1) is 8.65. The molecule has 1 N–H and O–H groups in total. The minimum atomic E-state index is 0.0152. The van der Waals surface area contributed by atoms with E-state index in [0.717, 1.165) is 41.4 Å². The maximum atomic E-state index is 12.0. The fourth-order valence-electron chi connectivity index (χ4n) is 2.26. The lowest BCUT2D eigenvalue weighted by Crippen LogP contribution is -2.45. The number of halogens is 1. The zero-order valence-electron chi connectivity index (χ0n) is 10.4. The van der Waals surface area contributed by atoms with Crippen molar-refractivity contribution in [3.8, 4) is 0 Å². The molecule has 0 radical (unpaired) electrons. The first-order valence-corrected chi connectivity index (χ1v) is 7.46. The monoisotopic (exact) mass is 360 g/mol. The summed E-state index contributed by atoms with van der Waals surface area (Å²) in [4.78, 5) is 24.0. The Balaban J connectivity index is 1.90. The summed E-state index contributed by atoms with van der Waals surface area (Å²) in [6.07, 6.45) is 2.35. The maximum absolute atomic E-state index is 12.0. The molecule has 1 aromatic rings. The van der Waals surface area contributed by atoms with Crippen LogP contribution in [0.4, 0.5) is 5.95 Å². The van der Waals surface area contributed by atoms with E-state index in [9.17, 15) is 4.79 Å². The van der Waals surface area contributed by atoms with Gasteiger partial charge in [0, 0.05) is 32.1 Å². The van der Waals surface area contributed by atoms with Crippen LogP contribution in [0.3, 0.4) is 0 Å². The number of hydrogen-bond acceptors (Lipinski definition) is 4. The van der Waals surface area contributed by atoms with E-state index in [1.54, 1.807) is 0 Å². The van der Waals surface area contributed by atoms with E-state index >= 15 is 0 Å². The van der Waals surface area contributed by atoms with Gasteiger partial charge in [-0.15, -0.1) is 0 Å². The number of hydrogen-bond donors (Lipinski definition) is 1. The van der Waals surface area contributed by atoms with Gasteiger partial charge >= 0.3 is 0 Å². The summed E-state index contributed by atoms with van der Waals surface area (Å²) in [6, 6.07) is 0. The van der Waals surface area contributed by atoms with Crippen LogP contribution < -0.4 is 10.5 Å². The first kappa shape index (κ1) is 12.4. The topological polar surface area (TPSA) is 52.2 Å². The molecule has 2 aliphatic rings. The van der Waals surface area contributed by atoms with Crippen LogP contribution in [-0.2, 0) is 0 Å². The largest absolute Gasteiger partial charge is 0.340 e. The molecule has 1 aliphatic carbocycles. The smallest absolute Gasteiger partial charge is 0.266 e. The van der Waals surface area contributed by atoms with Gasteiger partial charge in [-0.05, 0) is 42.5 Å². The van der Waals surface area contributed by atoms with Crippen molar-refractivity contribution in [1.29, 1.82) is 0 Å². The average Bonchev–Trinajstić information content (AvgIpc) is 3.18. The summed E-state index contributed by atoms with van der Waals surface area (Å²) in [5, 5.41) is 0. The molecular weight excluding hydrogens is 343 g/mol. The lowest BCUT2D eigenvalue weighted by molar-refractivity contribution is 0.311. The molecule has 1 aromatic heterocycles. The lowest BCUT2D eigenvalue weighted by atomic mass is 10.3. The Kier molecular flexibility index (Phi) is 3.31. The Morgan fingerprint density at radius 3 is 2.56 bits per heavy atom. The van der Waals surface area contributed by atoms with Gasteiger partial charge in [0.15, 0.2) is 0 Å². The number of nitrogens with zero attached hydrogens (tertiary/aromatic N) is 3. The van der Waals surface area contributed by atoms with Gasteiger partial charge in [0.25, 0.3) is 5.56 Å². The highest BCUT2D eigenvalue weighted by Gasteiger charge is 2.29. The Labute approximate surface area is 120 Å². The number of nitrogens with one attached hydrogen (secondary N) is 1. The van der Waals surface area contributed by atoms with Crippen molar-refractivity contribution in [1.82, 2.24) is 14.9 Å². The summed E-state index contributed by atoms with van der Waals surface area (Å²) >= 11 is 2.12. The van der Waals surface area contributed by atoms with E-state index in [4.69, 9.17) is 0 Å². The minimum absolute atomic E-state index is 0.0152. The molecule has 2 fully saturated rings. The van der Waals surface area contributed by atoms with Crippen LogP contribution >= 0.6 is 22.6 Å². The molecular formula is C12H17IN4O. The van der Waals surface area contributed by atoms with Crippen molar-refractivity contribution >= 4 is 28.5 Å². The Hall–Kier alpha value is -0.630. The quantitative estimate of drug-likeness (QED) is 0.800. The number of aromatic nitrogens is 2. The Morgan fingerprint density at radius 2 is 1.94 bits per heavy atom. The number of rotatable bonds is 2. The molecule has 3 rings (SSSR count). The predicted octanol–water partition coefficient (Wildman–Crippen LogP) is 1.00. The number of H-pyrrole nitrogens is 1. The standard InChI is InChI=1S/C12H17IN4O/c1-16-4-6-17(7-5-16)12-14-10(8-2-3-8)9(13)11(18)15-12/h8H,2-7H2,1H3,(H,14,15,18). The molecule has 0 bridgehead atoms. The van der Waals surface area contributed by atoms with Crippen molar-refractivity contribution in [3.63, 3.8) is 0 Å². The van der Waals surface area contributed by atoms with Gasteiger partial charge < -0.3 is 9.80 Å². The highest BCUT2D eigenvalue weighted by molar-refractivity contribution is 14.1. The fourth-order valence-corrected chi connectivity index (χ4v) is 2.96. The zero-order valence-corrected chi connectivity index (χ0v) is 12.6. The molecule has 1 saturated carbocycles. The normalized spacial score (nSPS) is 21.3. The second-order valence-electron chi connectivity index (χ2n) is 5.15. The minimum Gasteiger partial charge on any atom is -0.340 e. The molecule has 5 nitrogen and oxygen atoms in total. The molecule has 0 amide bonds. The average molecular weight is 360 g/mol. The number of aromatic amines is 1. The highest BCUT2D eigenvalue weighted by Crippen LogP contribution is 2.40. The van der Waals surface area contributed by atoms with Gasteiger partial charge in [-0.1, -0.05) is 0 Å². The summed E-state index contributed by atoms with van der Waals surface area (Å²) in [6.45, 7) is 3.91. The molecule has 2 heterocycles. The number of anilines is 1. The molecule has 0 aromatic carbocycles. The zero-order chi connectivity index (χ0) is 12.7. The van der Waals surface area contributed by atoms with Crippen LogP contribution in [0.2, 0.25) is 0 Å². The molecule has 98 valence electrons. The van der Waals surface area contributed by atoms with Crippen molar-refractivity contribution in [3.05, 3.63) is 19.6 Å². The SMILES string of the molecule is CN1CCN(c2nc(C3CC3)c(I)c(=O)[nH]2)CC1. The maximum Gasteiger partial charge on any atom is 0.266 e. The van der Waals surface area contributed by atoms with Gasteiger partial charge in [-0.3, -0.25) is 9.78 Å². The predicted molar refractivity (Wildman–Crippen MR) is 79.3 cm³/mol. The molecule has 0 atom stereocenters. The number of piperazine rings is 1. The lowest BCUT2D eigenvalue weighted by Gasteiger charge is -2.32. The van der Waals surface area contributed by atoms with Gasteiger partial charge in [0.2, 0.25) is 5.95 Å². The summed E-state index contributed by atoms with van der Waals surface area (Å²) in [5.41, 5.74) is 1.02. The van der Waals surface area contributed by atoms with Crippen molar-refractivity contribution in [2.24, 2.45) is 0 Å². The summed E-state index contributed by atoms with van der Waals surface area (Å²) < 4.78 is 0.771. The summed E-state index contributed by atoms with van der Waals surface area (Å²) in [7, 11) is 2.12. The van der Waals surface area contributed by atoms with Gasteiger partial charge in [0.1, 0.15) is 3.57 Å². The van der Waals surface area contributed by atoms with Crippen molar-refractivity contribution in [2.75, 3.05) is 38.1 Å². The molecule has 0 unspecified atom stereocenters. The Morgan fingerprint density at radius 1 is 1.28 bits per heavy atom. The summed E-state index contributed by atoms with van der Waals surface area (Å²) in [5.74, 6) is 1.28. The second-order valence-corrected chi connectivity index (χ2v) is 6.23. The molecule has 1 aliphatic heterocycles. The fraction of sp³-hybridized carbons (Fsp3) is 0.667. The van der Waals surface area contributed by atoms with Gasteiger partial charge in [0.05, 0.1) is 5.69 Å². The van der Waals surface area contributed by atoms with Crippen LogP contribution in [0.5, 0.6) is 0 Å². The highest BCUT2D eigenvalue weighted by atomic mass is 127. The van der Waals surface area contributed by atoms with E-state index in [0.29, 0.717) is 5.92 Å². The first-order valence-electron chi connectivity index (χ1n) is 6.38.